The highest BCUT2D eigenvalue weighted by Crippen LogP contribution is 2.20. The fourth-order valence-corrected chi connectivity index (χ4v) is 3.51. The number of rotatable bonds is 12. The predicted octanol–water partition coefficient (Wildman–Crippen LogP) is 4.89. The summed E-state index contributed by atoms with van der Waals surface area (Å²) in [6, 6.07) is 14.1. The Morgan fingerprint density at radius 1 is 1.03 bits per heavy atom. The van der Waals surface area contributed by atoms with E-state index in [1.165, 1.54) is 6.92 Å². The van der Waals surface area contributed by atoms with Crippen molar-refractivity contribution in [2.75, 3.05) is 18.9 Å². The van der Waals surface area contributed by atoms with E-state index in [1.807, 2.05) is 18.2 Å². The van der Waals surface area contributed by atoms with E-state index in [0.29, 0.717) is 25.3 Å². The summed E-state index contributed by atoms with van der Waals surface area (Å²) in [4.78, 5) is 14.9. The molecule has 2 aromatic carbocycles. The van der Waals surface area contributed by atoms with Gasteiger partial charge in [0.05, 0.1) is 12.4 Å². The van der Waals surface area contributed by atoms with Crippen LogP contribution in [-0.2, 0) is 16.7 Å². The number of benzene rings is 2. The van der Waals surface area contributed by atoms with E-state index in [9.17, 15) is 13.2 Å². The third-order valence-corrected chi connectivity index (χ3v) is 5.74. The minimum atomic E-state index is -3.60. The second-order valence-corrected chi connectivity index (χ2v) is 9.74. The molecule has 170 valence electrons. The van der Waals surface area contributed by atoms with Crippen LogP contribution in [0.3, 0.4) is 0 Å². The van der Waals surface area contributed by atoms with Crippen molar-refractivity contribution in [2.45, 2.75) is 47.1 Å². The van der Waals surface area contributed by atoms with Crippen molar-refractivity contribution in [3.05, 3.63) is 59.7 Å². The third-order valence-electron chi connectivity index (χ3n) is 4.59. The first-order valence-electron chi connectivity index (χ1n) is 10.8. The monoisotopic (exact) mass is 447 g/mol. The second kappa shape index (κ2) is 11.7. The number of nitrogens with zero attached hydrogens (tertiary/aromatic N) is 1. The maximum absolute atomic E-state index is 13.2. The van der Waals surface area contributed by atoms with Gasteiger partial charge in [-0.3, -0.25) is 4.79 Å². The Kier molecular flexibility index (Phi) is 9.37. The highest BCUT2D eigenvalue weighted by Gasteiger charge is 2.18. The molecule has 0 unspecified atom stereocenters. The van der Waals surface area contributed by atoms with Crippen molar-refractivity contribution in [3.63, 3.8) is 0 Å². The van der Waals surface area contributed by atoms with Crippen molar-refractivity contribution >= 4 is 16.0 Å². The number of hydrogen-bond donors (Lipinski definition) is 0. The molecule has 6 nitrogen and oxygen atoms in total. The number of amides is 1. The zero-order valence-electron chi connectivity index (χ0n) is 18.8. The van der Waals surface area contributed by atoms with Gasteiger partial charge in [0, 0.05) is 18.7 Å². The lowest BCUT2D eigenvalue weighted by atomic mass is 10.1. The first kappa shape index (κ1) is 24.7. The van der Waals surface area contributed by atoms with Gasteiger partial charge in [-0.1, -0.05) is 39.3 Å². The lowest BCUT2D eigenvalue weighted by molar-refractivity contribution is 0.0722. The summed E-state index contributed by atoms with van der Waals surface area (Å²) in [5.41, 5.74) is 1.39. The number of carbonyl (C=O) groups is 1. The van der Waals surface area contributed by atoms with E-state index in [4.69, 9.17) is 8.92 Å². The molecule has 2 rings (SSSR count). The van der Waals surface area contributed by atoms with Crippen LogP contribution in [0.2, 0.25) is 0 Å². The molecule has 0 saturated carbocycles. The zero-order chi connectivity index (χ0) is 22.9. The van der Waals surface area contributed by atoms with E-state index < -0.39 is 10.1 Å². The number of hydrogen-bond acceptors (Lipinski definition) is 5. The van der Waals surface area contributed by atoms with E-state index in [1.54, 1.807) is 35.2 Å². The summed E-state index contributed by atoms with van der Waals surface area (Å²) < 4.78 is 34.3. The zero-order valence-corrected chi connectivity index (χ0v) is 19.7. The molecule has 0 aliphatic rings. The Balaban J connectivity index is 2.15. The Morgan fingerprint density at radius 3 is 2.35 bits per heavy atom. The molecule has 2 aromatic rings. The van der Waals surface area contributed by atoms with Crippen molar-refractivity contribution in [1.29, 1.82) is 0 Å². The number of carbonyl (C=O) groups excluding carboxylic acids is 1. The summed E-state index contributed by atoms with van der Waals surface area (Å²) in [7, 11) is -3.60. The topological polar surface area (TPSA) is 72.9 Å². The quantitative estimate of drug-likeness (QED) is 0.342. The Labute approximate surface area is 186 Å². The Bertz CT molecular complexity index is 939. The lowest BCUT2D eigenvalue weighted by Gasteiger charge is -2.25. The summed E-state index contributed by atoms with van der Waals surface area (Å²) in [6.45, 7) is 9.34. The fourth-order valence-electron chi connectivity index (χ4n) is 2.99. The Hall–Kier alpha value is -2.54. The van der Waals surface area contributed by atoms with Crippen molar-refractivity contribution in [2.24, 2.45) is 5.92 Å². The van der Waals surface area contributed by atoms with E-state index >= 15 is 0 Å². The average molecular weight is 448 g/mol. The van der Waals surface area contributed by atoms with Crippen LogP contribution in [-0.4, -0.2) is 38.1 Å². The van der Waals surface area contributed by atoms with Crippen LogP contribution in [0.25, 0.3) is 0 Å². The highest BCUT2D eigenvalue weighted by atomic mass is 32.2. The average Bonchev–Trinajstić information content (AvgIpc) is 2.73. The molecule has 0 aliphatic carbocycles. The second-order valence-electron chi connectivity index (χ2n) is 7.88. The molecule has 0 bridgehead atoms. The van der Waals surface area contributed by atoms with Crippen LogP contribution in [0.5, 0.6) is 11.5 Å². The van der Waals surface area contributed by atoms with E-state index in [0.717, 1.165) is 24.2 Å². The fraction of sp³-hybridized carbons (Fsp3) is 0.458. The first-order chi connectivity index (χ1) is 14.7. The molecule has 0 atom stereocenters. The largest absolute Gasteiger partial charge is 0.494 e. The molecule has 0 aliphatic heterocycles. The molecule has 7 heteroatoms. The maximum Gasteiger partial charge on any atom is 0.308 e. The SMILES string of the molecule is CCCCOc1ccc(C(=O)N(Cc2cccc(OS(=O)(=O)CC)c2)CC(C)C)cc1. The molecule has 0 aromatic heterocycles. The Morgan fingerprint density at radius 2 is 1.74 bits per heavy atom. The lowest BCUT2D eigenvalue weighted by Crippen LogP contribution is -2.33. The molecular formula is C24H33NO5S. The molecule has 0 fully saturated rings. The highest BCUT2D eigenvalue weighted by molar-refractivity contribution is 7.87. The maximum atomic E-state index is 13.2. The van der Waals surface area contributed by atoms with Gasteiger partial charge in [-0.25, -0.2) is 0 Å². The molecule has 0 N–H and O–H groups in total. The van der Waals surface area contributed by atoms with Crippen LogP contribution in [0.1, 0.15) is 56.5 Å². The molecular weight excluding hydrogens is 414 g/mol. The minimum Gasteiger partial charge on any atom is -0.494 e. The normalized spacial score (nSPS) is 11.4. The standard InChI is InChI=1S/C24H33NO5S/c1-5-7-15-29-22-13-11-21(12-14-22)24(26)25(17-19(3)4)18-20-9-8-10-23(16-20)30-31(27,28)6-2/h8-14,16,19H,5-7,15,17-18H2,1-4H3. The summed E-state index contributed by atoms with van der Waals surface area (Å²) >= 11 is 0. The van der Waals surface area contributed by atoms with E-state index in [-0.39, 0.29) is 23.3 Å². The molecule has 0 saturated heterocycles. The minimum absolute atomic E-state index is 0.0821. The number of ether oxygens (including phenoxy) is 1. The van der Waals surface area contributed by atoms with Crippen LogP contribution in [0.15, 0.2) is 48.5 Å². The third kappa shape index (κ3) is 8.25. The van der Waals surface area contributed by atoms with Gasteiger partial charge in [-0.15, -0.1) is 0 Å². The van der Waals surface area contributed by atoms with Crippen molar-refractivity contribution in [3.8, 4) is 11.5 Å². The molecule has 0 spiro atoms. The van der Waals surface area contributed by atoms with Gasteiger partial charge in [0.25, 0.3) is 5.91 Å². The van der Waals surface area contributed by atoms with Gasteiger partial charge in [0.2, 0.25) is 0 Å². The van der Waals surface area contributed by atoms with Crippen molar-refractivity contribution < 1.29 is 22.1 Å². The smallest absolute Gasteiger partial charge is 0.308 e. The van der Waals surface area contributed by atoms with Gasteiger partial charge in [-0.2, -0.15) is 8.42 Å². The van der Waals surface area contributed by atoms with Crippen LogP contribution >= 0.6 is 0 Å². The summed E-state index contributed by atoms with van der Waals surface area (Å²) in [5.74, 6) is 1.10. The van der Waals surface area contributed by atoms with Gasteiger partial charge < -0.3 is 13.8 Å². The molecule has 31 heavy (non-hydrogen) atoms. The molecule has 1 amide bonds. The van der Waals surface area contributed by atoms with Crippen LogP contribution in [0.4, 0.5) is 0 Å². The van der Waals surface area contributed by atoms with Crippen molar-refractivity contribution in [1.82, 2.24) is 4.90 Å². The van der Waals surface area contributed by atoms with Gasteiger partial charge >= 0.3 is 10.1 Å². The summed E-state index contributed by atoms with van der Waals surface area (Å²) in [6.07, 6.45) is 2.06. The first-order valence-corrected chi connectivity index (χ1v) is 12.3. The molecule has 0 radical (unpaired) electrons. The van der Waals surface area contributed by atoms with Crippen LogP contribution < -0.4 is 8.92 Å². The van der Waals surface area contributed by atoms with Gasteiger partial charge in [-0.05, 0) is 61.2 Å². The van der Waals surface area contributed by atoms with Gasteiger partial charge in [0.15, 0.2) is 0 Å². The van der Waals surface area contributed by atoms with E-state index in [2.05, 4.69) is 20.8 Å². The van der Waals surface area contributed by atoms with Crippen LogP contribution in [0, 0.1) is 5.92 Å². The summed E-state index contributed by atoms with van der Waals surface area (Å²) in [5, 5.41) is 0. The predicted molar refractivity (Wildman–Crippen MR) is 123 cm³/mol. The van der Waals surface area contributed by atoms with Gasteiger partial charge in [0.1, 0.15) is 11.5 Å². The molecule has 0 heterocycles. The number of unbranched alkanes of at least 4 members (excludes halogenated alkanes) is 1.